The third-order valence-corrected chi connectivity index (χ3v) is 9.10. The summed E-state index contributed by atoms with van der Waals surface area (Å²) in [5.74, 6) is 0.693. The van der Waals surface area contributed by atoms with Crippen molar-refractivity contribution in [3.05, 3.63) is 42.0 Å². The van der Waals surface area contributed by atoms with E-state index < -0.39 is 15.7 Å². The first-order valence-corrected chi connectivity index (χ1v) is 15.2. The van der Waals surface area contributed by atoms with Crippen LogP contribution in [0.15, 0.2) is 35.4 Å². The van der Waals surface area contributed by atoms with Crippen LogP contribution in [0, 0.1) is 11.7 Å². The van der Waals surface area contributed by atoms with Crippen LogP contribution in [0.4, 0.5) is 16.0 Å². The Labute approximate surface area is 218 Å². The van der Waals surface area contributed by atoms with E-state index in [2.05, 4.69) is 21.7 Å². The number of nitrogens with zero attached hydrogens (tertiary/aromatic N) is 5. The fraction of sp³-hybridized carbons (Fsp3) is 0.593. The number of benzene rings is 1. The van der Waals surface area contributed by atoms with Crippen LogP contribution in [-0.4, -0.2) is 73.2 Å². The summed E-state index contributed by atoms with van der Waals surface area (Å²) in [5, 5.41) is 0. The lowest BCUT2D eigenvalue weighted by Crippen LogP contribution is -2.53. The molecule has 1 saturated heterocycles. The third kappa shape index (κ3) is 5.58. The number of hydrogen-bond donors (Lipinski definition) is 0. The van der Waals surface area contributed by atoms with Gasteiger partial charge in [0, 0.05) is 50.2 Å². The summed E-state index contributed by atoms with van der Waals surface area (Å²) in [6, 6.07) is 6.36. The molecular weight excluding hydrogens is 493 g/mol. The summed E-state index contributed by atoms with van der Waals surface area (Å²) >= 11 is 0. The van der Waals surface area contributed by atoms with Crippen LogP contribution in [-0.2, 0) is 9.84 Å². The van der Waals surface area contributed by atoms with Gasteiger partial charge in [0.25, 0.3) is 5.91 Å². The second kappa shape index (κ2) is 10.2. The molecule has 1 atom stereocenters. The van der Waals surface area contributed by atoms with Crippen molar-refractivity contribution in [2.75, 3.05) is 35.7 Å². The molecule has 0 unspecified atom stereocenters. The highest BCUT2D eigenvalue weighted by Crippen LogP contribution is 2.36. The van der Waals surface area contributed by atoms with Crippen molar-refractivity contribution >= 4 is 27.4 Å². The Bertz CT molecular complexity index is 1260. The smallest absolute Gasteiger partial charge is 0.273 e. The number of sulfone groups is 1. The molecule has 0 N–H and O–H groups in total. The lowest BCUT2D eigenvalue weighted by atomic mass is 9.86. The Hall–Kier alpha value is -2.75. The molecule has 3 aliphatic rings. The van der Waals surface area contributed by atoms with Gasteiger partial charge in [-0.3, -0.25) is 4.79 Å². The van der Waals surface area contributed by atoms with Gasteiger partial charge in [-0.05, 0) is 75.6 Å². The molecule has 2 heterocycles. The van der Waals surface area contributed by atoms with Crippen LogP contribution in [0.3, 0.4) is 0 Å². The van der Waals surface area contributed by atoms with Gasteiger partial charge in [-0.15, -0.1) is 0 Å². The second-order valence-corrected chi connectivity index (χ2v) is 13.0. The van der Waals surface area contributed by atoms with Crippen LogP contribution in [0.2, 0.25) is 0 Å². The fourth-order valence-electron chi connectivity index (χ4n) is 5.69. The predicted octanol–water partition coefficient (Wildman–Crippen LogP) is 3.92. The highest BCUT2D eigenvalue weighted by molar-refractivity contribution is 7.90. The molecule has 3 fully saturated rings. The van der Waals surface area contributed by atoms with Crippen LogP contribution in [0.25, 0.3) is 0 Å². The second-order valence-electron chi connectivity index (χ2n) is 11.0. The molecule has 2 aromatic rings. The molecule has 5 rings (SSSR count). The zero-order chi connectivity index (χ0) is 26.3. The molecule has 8 nitrogen and oxygen atoms in total. The fourth-order valence-corrected chi connectivity index (χ4v) is 6.32. The molecule has 1 aromatic carbocycles. The standard InChI is InChI=1S/C27H36FN5O3S/c1-18-4-6-20(7-5-18)33(21-8-9-21)26(34)24-12-13-29-27(30-24)32-15-14-31(17-19(32)2)25-11-10-22(16-23(25)28)37(3,35)36/h10-13,16,18-21H,4-9,14-15,17H2,1-3H3/t18?,19-,20?/m1/s1. The minimum atomic E-state index is -3.47. The Kier molecular flexibility index (Phi) is 7.13. The van der Waals surface area contributed by atoms with Crippen molar-refractivity contribution in [2.24, 2.45) is 5.92 Å². The number of rotatable bonds is 6. The molecule has 10 heteroatoms. The molecule has 1 amide bonds. The van der Waals surface area contributed by atoms with Crippen molar-refractivity contribution in [3.63, 3.8) is 0 Å². The van der Waals surface area contributed by atoms with Gasteiger partial charge in [0.2, 0.25) is 5.95 Å². The van der Waals surface area contributed by atoms with E-state index in [-0.39, 0.29) is 16.8 Å². The van der Waals surface area contributed by atoms with Gasteiger partial charge in [-0.1, -0.05) is 6.92 Å². The van der Waals surface area contributed by atoms with Crippen LogP contribution in [0.5, 0.6) is 0 Å². The molecule has 1 aromatic heterocycles. The minimum Gasteiger partial charge on any atom is -0.365 e. The van der Waals surface area contributed by atoms with Gasteiger partial charge in [-0.2, -0.15) is 0 Å². The normalized spacial score (nSPS) is 24.7. The van der Waals surface area contributed by atoms with Gasteiger partial charge in [-0.25, -0.2) is 22.8 Å². The molecule has 37 heavy (non-hydrogen) atoms. The first-order valence-electron chi connectivity index (χ1n) is 13.3. The molecule has 2 aliphatic carbocycles. The van der Waals surface area contributed by atoms with E-state index in [0.717, 1.165) is 56.8 Å². The number of carbonyl (C=O) groups is 1. The summed E-state index contributed by atoms with van der Waals surface area (Å²) in [6.07, 6.45) is 9.30. The Balaban J connectivity index is 1.30. The van der Waals surface area contributed by atoms with E-state index >= 15 is 0 Å². The maximum Gasteiger partial charge on any atom is 0.273 e. The maximum atomic E-state index is 14.8. The third-order valence-electron chi connectivity index (χ3n) is 7.99. The lowest BCUT2D eigenvalue weighted by Gasteiger charge is -2.41. The molecule has 0 spiro atoms. The molecule has 200 valence electrons. The summed E-state index contributed by atoms with van der Waals surface area (Å²) in [4.78, 5) is 28.8. The number of carbonyl (C=O) groups excluding carboxylic acids is 1. The molecule has 0 radical (unpaired) electrons. The number of hydrogen-bond acceptors (Lipinski definition) is 7. The van der Waals surface area contributed by atoms with Crippen molar-refractivity contribution < 1.29 is 17.6 Å². The van der Waals surface area contributed by atoms with Gasteiger partial charge in [0.05, 0.1) is 10.6 Å². The number of aromatic nitrogens is 2. The van der Waals surface area contributed by atoms with Gasteiger partial charge in [0.1, 0.15) is 11.5 Å². The number of piperazine rings is 1. The largest absolute Gasteiger partial charge is 0.365 e. The van der Waals surface area contributed by atoms with Crippen molar-refractivity contribution in [3.8, 4) is 0 Å². The summed E-state index contributed by atoms with van der Waals surface area (Å²) < 4.78 is 38.3. The lowest BCUT2D eigenvalue weighted by molar-refractivity contribution is 0.0587. The number of amides is 1. The van der Waals surface area contributed by atoms with E-state index in [1.165, 1.54) is 12.1 Å². The van der Waals surface area contributed by atoms with Crippen LogP contribution < -0.4 is 9.80 Å². The number of anilines is 2. The zero-order valence-electron chi connectivity index (χ0n) is 21.8. The molecule has 2 saturated carbocycles. The van der Waals surface area contributed by atoms with E-state index in [1.807, 2.05) is 11.8 Å². The first kappa shape index (κ1) is 25.9. The van der Waals surface area contributed by atoms with E-state index in [4.69, 9.17) is 4.98 Å². The van der Waals surface area contributed by atoms with Crippen molar-refractivity contribution in [1.82, 2.24) is 14.9 Å². The molecular formula is C27H36FN5O3S. The van der Waals surface area contributed by atoms with Crippen LogP contribution in [0.1, 0.15) is 62.9 Å². The van der Waals surface area contributed by atoms with Gasteiger partial charge in [0.15, 0.2) is 9.84 Å². The van der Waals surface area contributed by atoms with Crippen molar-refractivity contribution in [1.29, 1.82) is 0 Å². The molecule has 1 aliphatic heterocycles. The average Bonchev–Trinajstić information content (AvgIpc) is 3.70. The zero-order valence-corrected chi connectivity index (χ0v) is 22.6. The first-order chi connectivity index (χ1) is 17.6. The summed E-state index contributed by atoms with van der Waals surface area (Å²) in [5.41, 5.74) is 0.818. The molecule has 0 bridgehead atoms. The average molecular weight is 530 g/mol. The monoisotopic (exact) mass is 529 g/mol. The van der Waals surface area contributed by atoms with Gasteiger partial charge >= 0.3 is 0 Å². The van der Waals surface area contributed by atoms with E-state index in [1.54, 1.807) is 12.3 Å². The maximum absolute atomic E-state index is 14.8. The van der Waals surface area contributed by atoms with Crippen molar-refractivity contribution in [2.45, 2.75) is 75.4 Å². The summed E-state index contributed by atoms with van der Waals surface area (Å²) in [6.45, 7) is 5.90. The van der Waals surface area contributed by atoms with Gasteiger partial charge < -0.3 is 14.7 Å². The minimum absolute atomic E-state index is 0.00466. The quantitative estimate of drug-likeness (QED) is 0.561. The predicted molar refractivity (Wildman–Crippen MR) is 141 cm³/mol. The Morgan fingerprint density at radius 1 is 1.03 bits per heavy atom. The summed E-state index contributed by atoms with van der Waals surface area (Å²) in [7, 11) is -3.47. The number of halogens is 1. The Morgan fingerprint density at radius 2 is 1.70 bits per heavy atom. The SMILES string of the molecule is CC1CCC(N(C(=O)c2ccnc(N3CCN(c4ccc(S(C)(=O)=O)cc4F)C[C@H]3C)n2)C2CC2)CC1. The Morgan fingerprint density at radius 3 is 2.30 bits per heavy atom. The highest BCUT2D eigenvalue weighted by Gasteiger charge is 2.39. The van der Waals surface area contributed by atoms with E-state index in [9.17, 15) is 17.6 Å². The van der Waals surface area contributed by atoms with Crippen LogP contribution >= 0.6 is 0 Å². The topological polar surface area (TPSA) is 86.7 Å². The van der Waals surface area contributed by atoms with E-state index in [0.29, 0.717) is 49.0 Å². The highest BCUT2D eigenvalue weighted by atomic mass is 32.2.